The van der Waals surface area contributed by atoms with Gasteiger partial charge in [-0.1, -0.05) is 111 Å². The maximum atomic E-state index is 5.02. The van der Waals surface area contributed by atoms with E-state index in [4.69, 9.17) is 29.9 Å². The fourth-order valence-corrected chi connectivity index (χ4v) is 5.59. The van der Waals surface area contributed by atoms with Crippen LogP contribution in [0.4, 0.5) is 0 Å². The van der Waals surface area contributed by atoms with Crippen LogP contribution in [0, 0.1) is 0 Å². The van der Waals surface area contributed by atoms with Crippen LogP contribution in [-0.4, -0.2) is 39.9 Å². The lowest BCUT2D eigenvalue weighted by Gasteiger charge is -1.96. The van der Waals surface area contributed by atoms with Gasteiger partial charge in [0.05, 0.1) is 0 Å². The minimum Gasteiger partial charge on any atom is -0.324 e. The highest BCUT2D eigenvalue weighted by Gasteiger charge is 2.21. The smallest absolute Gasteiger partial charge is 0.164 e. The van der Waals surface area contributed by atoms with E-state index in [-0.39, 0.29) is 0 Å². The Balaban J connectivity index is 0.00000131. The summed E-state index contributed by atoms with van der Waals surface area (Å²) in [5.41, 5.74) is 6.45. The van der Waals surface area contributed by atoms with Crippen LogP contribution in [0.25, 0.3) is 89.7 Å². The molecule has 8 nitrogen and oxygen atoms in total. The average Bonchev–Trinajstić information content (AvgIpc) is 3.78. The Morgan fingerprint density at radius 2 is 0.571 bits per heavy atom. The quantitative estimate of drug-likeness (QED) is 0.201. The van der Waals surface area contributed by atoms with Crippen LogP contribution >= 0.6 is 0 Å². The van der Waals surface area contributed by atoms with Crippen LogP contribution < -0.4 is 0 Å². The van der Waals surface area contributed by atoms with Crippen molar-refractivity contribution in [3.63, 3.8) is 0 Å². The van der Waals surface area contributed by atoms with Crippen molar-refractivity contribution in [2.24, 2.45) is 0 Å². The zero-order chi connectivity index (χ0) is 28.2. The molecule has 3 aromatic heterocycles. The third-order valence-corrected chi connectivity index (χ3v) is 7.46. The zero-order valence-electron chi connectivity index (χ0n) is 22.9. The highest BCUT2D eigenvalue weighted by atomic mass is 15.1. The van der Waals surface area contributed by atoms with Gasteiger partial charge in [0, 0.05) is 43.8 Å². The largest absolute Gasteiger partial charge is 0.324 e. The van der Waals surface area contributed by atoms with Crippen molar-refractivity contribution in [1.29, 1.82) is 0 Å². The molecule has 200 valence electrons. The van der Waals surface area contributed by atoms with E-state index in [1.807, 2.05) is 111 Å². The number of benzene rings is 4. The van der Waals surface area contributed by atoms with Gasteiger partial charge in [-0.2, -0.15) is 0 Å². The number of H-pyrrole nitrogens is 2. The third kappa shape index (κ3) is 3.62. The molecular weight excluding hydrogens is 520 g/mol. The second-order valence-electron chi connectivity index (χ2n) is 9.79. The van der Waals surface area contributed by atoms with Crippen molar-refractivity contribution in [2.45, 2.75) is 13.8 Å². The molecule has 0 saturated heterocycles. The van der Waals surface area contributed by atoms with Crippen LogP contribution in [0.1, 0.15) is 13.8 Å². The van der Waals surface area contributed by atoms with Crippen molar-refractivity contribution >= 4 is 44.1 Å². The first kappa shape index (κ1) is 24.1. The summed E-state index contributed by atoms with van der Waals surface area (Å²) in [5.74, 6) is 2.39. The van der Waals surface area contributed by atoms with Gasteiger partial charge in [0.25, 0.3) is 0 Å². The number of nitrogens with one attached hydrogen (secondary N) is 2. The summed E-state index contributed by atoms with van der Waals surface area (Å²) in [4.78, 5) is 36.8. The summed E-state index contributed by atoms with van der Waals surface area (Å²) in [5, 5.41) is 3.82. The van der Waals surface area contributed by atoms with E-state index in [1.54, 1.807) is 0 Å². The van der Waals surface area contributed by atoms with Gasteiger partial charge >= 0.3 is 0 Å². The Bertz CT molecular complexity index is 2030. The summed E-state index contributed by atoms with van der Waals surface area (Å²) >= 11 is 0. The van der Waals surface area contributed by atoms with E-state index < -0.39 is 0 Å². The molecule has 2 aliphatic heterocycles. The van der Waals surface area contributed by atoms with Crippen LogP contribution in [0.2, 0.25) is 0 Å². The molecule has 2 aliphatic rings. The van der Waals surface area contributed by atoms with E-state index in [1.165, 1.54) is 0 Å². The number of rotatable bonds is 0. The molecule has 5 heterocycles. The molecule has 0 aliphatic carbocycles. The molecule has 8 heteroatoms. The topological polar surface area (TPSA) is 109 Å². The van der Waals surface area contributed by atoms with Crippen LogP contribution in [0.15, 0.2) is 97.1 Å². The van der Waals surface area contributed by atoms with Crippen LogP contribution in [0.3, 0.4) is 0 Å². The normalized spacial score (nSPS) is 11.6. The number of hydrogen-bond acceptors (Lipinski definition) is 6. The molecule has 0 saturated carbocycles. The fraction of sp³-hybridized carbons (Fsp3) is 0.0588. The number of nitrogens with zero attached hydrogens (tertiary/aromatic N) is 6. The molecule has 0 unspecified atom stereocenters. The van der Waals surface area contributed by atoms with Crippen molar-refractivity contribution in [1.82, 2.24) is 39.9 Å². The van der Waals surface area contributed by atoms with Gasteiger partial charge in [-0.05, 0) is 0 Å². The van der Waals surface area contributed by atoms with Gasteiger partial charge in [-0.25, -0.2) is 29.9 Å². The van der Waals surface area contributed by atoms with Crippen molar-refractivity contribution in [2.75, 3.05) is 0 Å². The van der Waals surface area contributed by atoms with Crippen molar-refractivity contribution in [3.8, 4) is 45.6 Å². The van der Waals surface area contributed by atoms with Gasteiger partial charge in [-0.3, -0.25) is 0 Å². The molecule has 0 atom stereocenters. The van der Waals surface area contributed by atoms with Gasteiger partial charge in [0.15, 0.2) is 23.3 Å². The van der Waals surface area contributed by atoms with Gasteiger partial charge < -0.3 is 9.97 Å². The van der Waals surface area contributed by atoms with Gasteiger partial charge in [0.2, 0.25) is 0 Å². The number of aromatic nitrogens is 8. The summed E-state index contributed by atoms with van der Waals surface area (Å²) < 4.78 is 0. The lowest BCUT2D eigenvalue weighted by Crippen LogP contribution is -1.82. The minimum atomic E-state index is 0.597. The Hall–Kier alpha value is -5.76. The predicted molar refractivity (Wildman–Crippen MR) is 167 cm³/mol. The summed E-state index contributed by atoms with van der Waals surface area (Å²) in [6.07, 6.45) is 0. The maximum Gasteiger partial charge on any atom is 0.164 e. The molecule has 2 N–H and O–H groups in total. The van der Waals surface area contributed by atoms with E-state index in [2.05, 4.69) is 9.97 Å². The SMILES string of the molecule is CC.c1ccc2c(c1)-c1nc-2nc2[nH]c(nc3nc(nc4[nH]c(n1)c1ccccc41)-c1ccccc1-3)c1ccccc21. The molecule has 42 heavy (non-hydrogen) atoms. The first-order chi connectivity index (χ1) is 20.8. The number of fused-ring (bicyclic) bond motifs is 20. The predicted octanol–water partition coefficient (Wildman–Crippen LogP) is 7.90. The van der Waals surface area contributed by atoms with Crippen molar-refractivity contribution in [3.05, 3.63) is 97.1 Å². The van der Waals surface area contributed by atoms with E-state index in [0.29, 0.717) is 45.9 Å². The zero-order valence-corrected chi connectivity index (χ0v) is 22.9. The van der Waals surface area contributed by atoms with Gasteiger partial charge in [0.1, 0.15) is 22.6 Å². The summed E-state index contributed by atoms with van der Waals surface area (Å²) in [6, 6.07) is 32.2. The molecule has 0 fully saturated rings. The monoisotopic (exact) mass is 544 g/mol. The second kappa shape index (κ2) is 9.42. The third-order valence-electron chi connectivity index (χ3n) is 7.46. The van der Waals surface area contributed by atoms with E-state index in [0.717, 1.165) is 43.8 Å². The summed E-state index contributed by atoms with van der Waals surface area (Å²) in [6.45, 7) is 4.00. The Labute approximate surface area is 240 Å². The molecule has 9 rings (SSSR count). The standard InChI is InChI=1S/C32H18N8.C2H6/c1-2-10-18-17(9-1)25-33-26(18)38-28-21-13-5-6-14-22(21)30(35-28)40-32-24-16-8-7-15-23(24)31(36-32)39-29-20-12-4-3-11-19(20)27(34-29)37-25;1-2/h1-16H,(H2,33,34,35,36,37,38,39,40);1-2H3. The van der Waals surface area contributed by atoms with E-state index >= 15 is 0 Å². The Morgan fingerprint density at radius 1 is 0.333 bits per heavy atom. The highest BCUT2D eigenvalue weighted by Crippen LogP contribution is 2.36. The first-order valence-corrected chi connectivity index (χ1v) is 14.0. The van der Waals surface area contributed by atoms with Crippen molar-refractivity contribution < 1.29 is 0 Å². The van der Waals surface area contributed by atoms with E-state index in [9.17, 15) is 0 Å². The highest BCUT2D eigenvalue weighted by molar-refractivity contribution is 6.06. The molecule has 0 spiro atoms. The maximum absolute atomic E-state index is 5.02. The fourth-order valence-electron chi connectivity index (χ4n) is 5.59. The van der Waals surface area contributed by atoms with Crippen LogP contribution in [0.5, 0.6) is 0 Å². The lowest BCUT2D eigenvalue weighted by atomic mass is 10.1. The second-order valence-corrected chi connectivity index (χ2v) is 9.79. The Kier molecular flexibility index (Phi) is 5.40. The molecule has 7 aromatic rings. The molecule has 4 aromatic carbocycles. The van der Waals surface area contributed by atoms with Gasteiger partial charge in [-0.15, -0.1) is 0 Å². The van der Waals surface area contributed by atoms with Crippen LogP contribution in [-0.2, 0) is 0 Å². The molecule has 0 amide bonds. The Morgan fingerprint density at radius 3 is 0.833 bits per heavy atom. The average molecular weight is 545 g/mol. The number of aromatic amines is 2. The molecule has 8 bridgehead atoms. The molecular formula is C34H24N8. The summed E-state index contributed by atoms with van der Waals surface area (Å²) in [7, 11) is 0. The molecule has 0 radical (unpaired) electrons. The lowest BCUT2D eigenvalue weighted by molar-refractivity contribution is 1.19. The first-order valence-electron chi connectivity index (χ1n) is 14.0. The number of hydrogen-bond donors (Lipinski definition) is 2. The minimum absolute atomic E-state index is 0.597.